The lowest BCUT2D eigenvalue weighted by Crippen LogP contribution is -2.19. The van der Waals surface area contributed by atoms with Crippen LogP contribution in [0.5, 0.6) is 0 Å². The molecule has 8 heavy (non-hydrogen) atoms. The monoisotopic (exact) mass is 121 g/mol. The molecule has 0 atom stereocenters. The van der Waals surface area contributed by atoms with Crippen molar-refractivity contribution in [3.05, 3.63) is 0 Å². The zero-order valence-electron chi connectivity index (χ0n) is 10.7. The highest BCUT2D eigenvalue weighted by Crippen LogP contribution is 2.16. The van der Waals surface area contributed by atoms with Crippen LogP contribution in [-0.2, 0) is 4.79 Å². The molecule has 0 aliphatic heterocycles. The summed E-state index contributed by atoms with van der Waals surface area (Å²) >= 11 is 0. The Bertz CT molecular complexity index is 215. The van der Waals surface area contributed by atoms with Crippen LogP contribution >= 0.6 is 0 Å². The predicted molar refractivity (Wildman–Crippen MR) is 33.3 cm³/mol. The second-order valence-corrected chi connectivity index (χ2v) is 1.98. The lowest BCUT2D eigenvalue weighted by Gasteiger charge is -2.13. The van der Waals surface area contributed by atoms with Gasteiger partial charge in [0, 0.05) is 14.6 Å². The van der Waals surface area contributed by atoms with Crippen molar-refractivity contribution >= 4 is 5.91 Å². The number of hydrogen-bond acceptors (Lipinski definition) is 1. The first-order valence-corrected chi connectivity index (χ1v) is 2.20. The topological polar surface area (TPSA) is 43.1 Å². The number of primary amides is 1. The van der Waals surface area contributed by atoms with Crippen LogP contribution in [0.2, 0.25) is 0 Å². The summed E-state index contributed by atoms with van der Waals surface area (Å²) in [6.07, 6.45) is -0.681. The van der Waals surface area contributed by atoms with E-state index >= 15 is 0 Å². The van der Waals surface area contributed by atoms with Crippen LogP contribution in [0, 0.1) is 5.41 Å². The zero-order chi connectivity index (χ0) is 11.8. The molecule has 2 heteroatoms. The molecule has 0 radical (unpaired) electrons. The molecule has 2 N–H and O–H groups in total. The number of hydrogen-bond donors (Lipinski definition) is 1. The minimum absolute atomic E-state index is 0.681. The van der Waals surface area contributed by atoms with Crippen molar-refractivity contribution in [3.63, 3.8) is 0 Å². The van der Waals surface area contributed by atoms with E-state index in [0.29, 0.717) is 0 Å². The smallest absolute Gasteiger partial charge is 0.217 e. The van der Waals surface area contributed by atoms with Crippen molar-refractivity contribution in [2.75, 3.05) is 0 Å². The Hall–Kier alpha value is -0.530. The number of rotatable bonds is 1. The zero-order valence-corrected chi connectivity index (χ0v) is 4.69. The van der Waals surface area contributed by atoms with Crippen molar-refractivity contribution in [2.24, 2.45) is 11.1 Å². The minimum Gasteiger partial charge on any atom is -0.370 e. The fourth-order valence-electron chi connectivity index (χ4n) is 0.348. The highest BCUT2D eigenvalue weighted by Gasteiger charge is 2.12. The molecule has 0 aromatic heterocycles. The van der Waals surface area contributed by atoms with Crippen LogP contribution in [0.4, 0.5) is 0 Å². The van der Waals surface area contributed by atoms with Crippen LogP contribution in [0.3, 0.4) is 0 Å². The molecule has 0 rings (SSSR count). The van der Waals surface area contributed by atoms with Gasteiger partial charge in [-0.3, -0.25) is 4.79 Å². The molecule has 0 saturated carbocycles. The first-order chi connectivity index (χ1) is 5.92. The summed E-state index contributed by atoms with van der Waals surface area (Å²) in [4.78, 5) is 10.6. The number of nitrogens with two attached hydrogens (primary N) is 1. The van der Waals surface area contributed by atoms with Gasteiger partial charge in [-0.15, -0.1) is 0 Å². The lowest BCUT2D eigenvalue weighted by atomic mass is 9.92. The van der Waals surface area contributed by atoms with Gasteiger partial charge < -0.3 is 5.73 Å². The largest absolute Gasteiger partial charge is 0.370 e. The molecule has 0 aromatic carbocycles. The van der Waals surface area contributed by atoms with E-state index in [1.54, 1.807) is 0 Å². The number of carbonyl (C=O) groups is 1. The molecule has 0 fully saturated rings. The summed E-state index contributed by atoms with van der Waals surface area (Å²) in [5.41, 5.74) is 2.76. The van der Waals surface area contributed by atoms with Gasteiger partial charge in [-0.05, 0) is 5.41 Å². The molecule has 0 saturated heterocycles. The fourth-order valence-corrected chi connectivity index (χ4v) is 0.348. The Morgan fingerprint density at radius 1 is 1.88 bits per heavy atom. The maximum Gasteiger partial charge on any atom is 0.217 e. The maximum absolute atomic E-state index is 10.6. The average Bonchev–Trinajstić information content (AvgIpc) is 1.79. The van der Waals surface area contributed by atoms with Crippen molar-refractivity contribution in [3.8, 4) is 0 Å². The van der Waals surface area contributed by atoms with E-state index < -0.39 is 31.4 Å². The van der Waals surface area contributed by atoms with Gasteiger partial charge in [0.2, 0.25) is 5.91 Å². The van der Waals surface area contributed by atoms with Gasteiger partial charge in [0.05, 0.1) is 0 Å². The van der Waals surface area contributed by atoms with Crippen LogP contribution < -0.4 is 5.73 Å². The summed E-state index contributed by atoms with van der Waals surface area (Å²) in [6, 6.07) is 0. The third-order valence-corrected chi connectivity index (χ3v) is 0.528. The Morgan fingerprint density at radius 3 is 2.50 bits per heavy atom. The average molecular weight is 121 g/mol. The van der Waals surface area contributed by atoms with Crippen LogP contribution in [0.25, 0.3) is 0 Å². The van der Waals surface area contributed by atoms with Crippen molar-refractivity contribution < 1.29 is 13.0 Å². The van der Waals surface area contributed by atoms with Crippen molar-refractivity contribution in [1.82, 2.24) is 0 Å². The van der Waals surface area contributed by atoms with Crippen LogP contribution in [0.15, 0.2) is 0 Å². The first kappa shape index (κ1) is 2.01. The molecule has 0 heterocycles. The lowest BCUT2D eigenvalue weighted by molar-refractivity contribution is -0.119. The minimum atomic E-state index is -2.74. The highest BCUT2D eigenvalue weighted by atomic mass is 16.1. The normalized spacial score (nSPS) is 25.6. The van der Waals surface area contributed by atoms with Gasteiger partial charge in [0.1, 0.15) is 0 Å². The van der Waals surface area contributed by atoms with Gasteiger partial charge >= 0.3 is 0 Å². The molecule has 0 aromatic rings. The summed E-state index contributed by atoms with van der Waals surface area (Å²) in [7, 11) is 0. The SMILES string of the molecule is [2H]C([2H])([2H])C(C)(CC(N)=O)C([2H])([2H])[2H]. The maximum atomic E-state index is 10.6. The molecular formula is C6H13NO. The predicted octanol–water partition coefficient (Wildman–Crippen LogP) is 0.908. The molecule has 0 spiro atoms. The van der Waals surface area contributed by atoms with E-state index in [4.69, 9.17) is 14.0 Å². The van der Waals surface area contributed by atoms with Gasteiger partial charge in [0.25, 0.3) is 0 Å². The Balaban J connectivity index is 5.18. The van der Waals surface area contributed by atoms with Gasteiger partial charge in [-0.25, -0.2) is 0 Å². The molecule has 1 amide bonds. The van der Waals surface area contributed by atoms with Gasteiger partial charge in [-0.2, -0.15) is 0 Å². The van der Waals surface area contributed by atoms with E-state index in [-0.39, 0.29) is 0 Å². The fraction of sp³-hybridized carbons (Fsp3) is 0.833. The van der Waals surface area contributed by atoms with E-state index in [1.165, 1.54) is 0 Å². The third-order valence-electron chi connectivity index (χ3n) is 0.528. The van der Waals surface area contributed by atoms with Gasteiger partial charge in [0.15, 0.2) is 0 Å². The van der Waals surface area contributed by atoms with Crippen molar-refractivity contribution in [1.29, 1.82) is 0 Å². The molecule has 48 valence electrons. The van der Waals surface area contributed by atoms with E-state index in [9.17, 15) is 4.79 Å². The quantitative estimate of drug-likeness (QED) is 0.550. The molecule has 2 nitrogen and oxygen atoms in total. The third kappa shape index (κ3) is 5.47. The number of amides is 1. The molecule has 0 unspecified atom stereocenters. The molecule has 0 aliphatic rings. The Kier molecular flexibility index (Phi) is 0.543. The second-order valence-electron chi connectivity index (χ2n) is 1.98. The van der Waals surface area contributed by atoms with Crippen LogP contribution in [0.1, 0.15) is 35.3 Å². The molecular weight excluding hydrogens is 102 g/mol. The van der Waals surface area contributed by atoms with Gasteiger partial charge in [-0.1, -0.05) is 20.6 Å². The number of carbonyl (C=O) groups excluding carboxylic acids is 1. The second kappa shape index (κ2) is 2.16. The van der Waals surface area contributed by atoms with Crippen molar-refractivity contribution in [2.45, 2.75) is 27.0 Å². The van der Waals surface area contributed by atoms with E-state index in [1.807, 2.05) is 0 Å². The first-order valence-electron chi connectivity index (χ1n) is 5.20. The van der Waals surface area contributed by atoms with Crippen LogP contribution in [-0.4, -0.2) is 5.91 Å². The van der Waals surface area contributed by atoms with E-state index in [0.717, 1.165) is 6.92 Å². The Labute approximate surface area is 58.5 Å². The molecule has 0 bridgehead atoms. The Morgan fingerprint density at radius 2 is 2.38 bits per heavy atom. The summed E-state index contributed by atoms with van der Waals surface area (Å²) < 4.78 is 42.6. The highest BCUT2D eigenvalue weighted by molar-refractivity contribution is 5.74. The standard InChI is InChI=1S/C6H13NO/c1-6(2,3)4-5(7)8/h4H2,1-3H3,(H2,7,8)/i1D3,2D3. The molecule has 0 aliphatic carbocycles. The van der Waals surface area contributed by atoms with E-state index in [2.05, 4.69) is 0 Å². The summed E-state index contributed by atoms with van der Waals surface area (Å²) in [5.74, 6) is -0.931. The summed E-state index contributed by atoms with van der Waals surface area (Å²) in [6.45, 7) is -4.46. The summed E-state index contributed by atoms with van der Waals surface area (Å²) in [5, 5.41) is 0.